The summed E-state index contributed by atoms with van der Waals surface area (Å²) >= 11 is 3.70. The van der Waals surface area contributed by atoms with Crippen LogP contribution < -0.4 is 0 Å². The Bertz CT molecular complexity index is 317. The van der Waals surface area contributed by atoms with E-state index in [9.17, 15) is 4.79 Å². The molecule has 14 heavy (non-hydrogen) atoms. The number of fused-ring (bicyclic) bond motifs is 1. The molecule has 1 unspecified atom stereocenters. The maximum atomic E-state index is 11.6. The predicted molar refractivity (Wildman–Crippen MR) is 64.7 cm³/mol. The molecule has 1 nitrogen and oxygen atoms in total. The summed E-state index contributed by atoms with van der Waals surface area (Å²) in [5.74, 6) is 1.78. The fraction of sp³-hybridized carbons (Fsp3) is 0.545. The molecule has 1 saturated heterocycles. The Morgan fingerprint density at radius 3 is 3.00 bits per heavy atom. The van der Waals surface area contributed by atoms with E-state index >= 15 is 0 Å². The molecule has 1 fully saturated rings. The lowest BCUT2D eigenvalue weighted by atomic mass is 9.94. The van der Waals surface area contributed by atoms with Crippen LogP contribution >= 0.6 is 23.5 Å². The average Bonchev–Trinajstić information content (AvgIpc) is 2.19. The first kappa shape index (κ1) is 10.4. The molecule has 0 radical (unpaired) electrons. The molecule has 76 valence electrons. The van der Waals surface area contributed by atoms with Gasteiger partial charge in [0.15, 0.2) is 5.78 Å². The van der Waals surface area contributed by atoms with E-state index in [4.69, 9.17) is 0 Å². The smallest absolute Gasteiger partial charge is 0.164 e. The van der Waals surface area contributed by atoms with Gasteiger partial charge in [0.05, 0.1) is 0 Å². The van der Waals surface area contributed by atoms with Gasteiger partial charge in [-0.1, -0.05) is 19.1 Å². The monoisotopic (exact) mass is 226 g/mol. The number of allylic oxidation sites excluding steroid dienone is 2. The minimum Gasteiger partial charge on any atom is -0.294 e. The molecule has 0 spiro atoms. The summed E-state index contributed by atoms with van der Waals surface area (Å²) in [4.78, 5) is 12.9. The molecule has 0 aromatic carbocycles. The molecule has 2 atom stereocenters. The highest BCUT2D eigenvalue weighted by molar-refractivity contribution is 8.03. The Labute approximate surface area is 93.4 Å². The highest BCUT2D eigenvalue weighted by atomic mass is 32.2. The maximum Gasteiger partial charge on any atom is 0.164 e. The van der Waals surface area contributed by atoms with Gasteiger partial charge in [-0.05, 0) is 12.2 Å². The van der Waals surface area contributed by atoms with Gasteiger partial charge >= 0.3 is 0 Å². The zero-order valence-electron chi connectivity index (χ0n) is 8.45. The highest BCUT2D eigenvalue weighted by Crippen LogP contribution is 2.39. The van der Waals surface area contributed by atoms with Crippen molar-refractivity contribution in [3.8, 4) is 0 Å². The molecular formula is C11H14OS2. The molecule has 3 heteroatoms. The van der Waals surface area contributed by atoms with Gasteiger partial charge in [0, 0.05) is 27.9 Å². The number of carbonyl (C=O) groups is 1. The fourth-order valence-corrected chi connectivity index (χ4v) is 3.81. The van der Waals surface area contributed by atoms with Crippen molar-refractivity contribution in [2.45, 2.75) is 18.6 Å². The lowest BCUT2D eigenvalue weighted by Crippen LogP contribution is -2.21. The first-order chi connectivity index (χ1) is 6.72. The van der Waals surface area contributed by atoms with Crippen molar-refractivity contribution in [1.82, 2.24) is 0 Å². The zero-order valence-corrected chi connectivity index (χ0v) is 10.1. The van der Waals surface area contributed by atoms with Crippen LogP contribution in [0.1, 0.15) is 13.3 Å². The van der Waals surface area contributed by atoms with Crippen molar-refractivity contribution >= 4 is 29.3 Å². The SMILES string of the molecule is CSC1C=C2SCCC(=O)C2=C[C@H]1C. The minimum atomic E-state index is 0.335. The van der Waals surface area contributed by atoms with Crippen LogP contribution in [0, 0.1) is 5.92 Å². The molecular weight excluding hydrogens is 212 g/mol. The van der Waals surface area contributed by atoms with Crippen LogP contribution in [0.2, 0.25) is 0 Å². The second-order valence-electron chi connectivity index (χ2n) is 3.69. The number of ketones is 1. The summed E-state index contributed by atoms with van der Waals surface area (Å²) in [6, 6.07) is 0. The van der Waals surface area contributed by atoms with Crippen LogP contribution in [0.4, 0.5) is 0 Å². The Morgan fingerprint density at radius 2 is 2.29 bits per heavy atom. The standard InChI is InChI=1S/C11H14OS2/c1-7-5-8-9(12)3-4-14-11(8)6-10(7)13-2/h5-7,10H,3-4H2,1-2H3/t7-,10?/m1/s1. The topological polar surface area (TPSA) is 17.1 Å². The molecule has 0 aromatic heterocycles. The minimum absolute atomic E-state index is 0.335. The van der Waals surface area contributed by atoms with Crippen molar-refractivity contribution in [2.75, 3.05) is 12.0 Å². The van der Waals surface area contributed by atoms with Crippen molar-refractivity contribution in [3.05, 3.63) is 22.6 Å². The molecule has 0 N–H and O–H groups in total. The molecule has 1 aliphatic carbocycles. The highest BCUT2D eigenvalue weighted by Gasteiger charge is 2.27. The summed E-state index contributed by atoms with van der Waals surface area (Å²) in [5.41, 5.74) is 0.985. The van der Waals surface area contributed by atoms with E-state index in [0.717, 1.165) is 11.3 Å². The quantitative estimate of drug-likeness (QED) is 0.684. The molecule has 1 aliphatic heterocycles. The van der Waals surface area contributed by atoms with E-state index < -0.39 is 0 Å². The lowest BCUT2D eigenvalue weighted by Gasteiger charge is -2.27. The Kier molecular flexibility index (Phi) is 3.07. The third-order valence-corrected chi connectivity index (χ3v) is 4.87. The van der Waals surface area contributed by atoms with E-state index in [-0.39, 0.29) is 0 Å². The van der Waals surface area contributed by atoms with Crippen molar-refractivity contribution in [2.24, 2.45) is 5.92 Å². The Hall–Kier alpha value is -0.150. The van der Waals surface area contributed by atoms with Crippen molar-refractivity contribution in [1.29, 1.82) is 0 Å². The third kappa shape index (κ3) is 1.80. The Balaban J connectivity index is 2.29. The van der Waals surface area contributed by atoms with E-state index in [1.54, 1.807) is 0 Å². The predicted octanol–water partition coefficient (Wildman–Crippen LogP) is 2.88. The summed E-state index contributed by atoms with van der Waals surface area (Å²) < 4.78 is 0. The van der Waals surface area contributed by atoms with Crippen molar-refractivity contribution < 1.29 is 4.79 Å². The van der Waals surface area contributed by atoms with E-state index in [0.29, 0.717) is 23.4 Å². The number of hydrogen-bond acceptors (Lipinski definition) is 3. The van der Waals surface area contributed by atoms with Crippen LogP contribution in [-0.4, -0.2) is 23.0 Å². The normalized spacial score (nSPS) is 32.0. The van der Waals surface area contributed by atoms with E-state index in [1.807, 2.05) is 23.5 Å². The zero-order chi connectivity index (χ0) is 10.1. The third-order valence-electron chi connectivity index (χ3n) is 2.69. The van der Waals surface area contributed by atoms with E-state index in [2.05, 4.69) is 25.3 Å². The van der Waals surface area contributed by atoms with Crippen LogP contribution in [0.25, 0.3) is 0 Å². The van der Waals surface area contributed by atoms with E-state index in [1.165, 1.54) is 4.91 Å². The van der Waals surface area contributed by atoms with Gasteiger partial charge in [-0.3, -0.25) is 4.79 Å². The number of Topliss-reactive ketones (excluding diaryl/α,β-unsaturated/α-hetero) is 1. The number of carbonyl (C=O) groups excluding carboxylic acids is 1. The molecule has 2 aliphatic rings. The average molecular weight is 226 g/mol. The van der Waals surface area contributed by atoms with Crippen molar-refractivity contribution in [3.63, 3.8) is 0 Å². The summed E-state index contributed by atoms with van der Waals surface area (Å²) in [7, 11) is 0. The largest absolute Gasteiger partial charge is 0.294 e. The summed E-state index contributed by atoms with van der Waals surface area (Å²) in [6.45, 7) is 2.19. The number of rotatable bonds is 1. The van der Waals surface area contributed by atoms with Gasteiger partial charge in [0.25, 0.3) is 0 Å². The number of hydrogen-bond donors (Lipinski definition) is 0. The molecule has 0 amide bonds. The molecule has 1 heterocycles. The Morgan fingerprint density at radius 1 is 1.50 bits per heavy atom. The number of thioether (sulfide) groups is 2. The second-order valence-corrected chi connectivity index (χ2v) is 5.84. The van der Waals surface area contributed by atoms with Gasteiger partial charge in [-0.15, -0.1) is 11.8 Å². The molecule has 0 bridgehead atoms. The lowest BCUT2D eigenvalue weighted by molar-refractivity contribution is -0.115. The van der Waals surface area contributed by atoms with Gasteiger partial charge in [0.1, 0.15) is 0 Å². The van der Waals surface area contributed by atoms with Crippen LogP contribution in [0.3, 0.4) is 0 Å². The molecule has 0 saturated carbocycles. The first-order valence-corrected chi connectivity index (χ1v) is 7.12. The van der Waals surface area contributed by atoms with Crippen LogP contribution in [0.5, 0.6) is 0 Å². The van der Waals surface area contributed by atoms with Gasteiger partial charge in [-0.25, -0.2) is 0 Å². The maximum absolute atomic E-state index is 11.6. The van der Waals surface area contributed by atoms with Gasteiger partial charge in [-0.2, -0.15) is 11.8 Å². The summed E-state index contributed by atoms with van der Waals surface area (Å²) in [6.07, 6.45) is 7.27. The molecule has 2 rings (SSSR count). The van der Waals surface area contributed by atoms with Gasteiger partial charge < -0.3 is 0 Å². The first-order valence-electron chi connectivity index (χ1n) is 4.85. The summed E-state index contributed by atoms with van der Waals surface area (Å²) in [5, 5.41) is 0.548. The fourth-order valence-electron chi connectivity index (χ4n) is 1.86. The van der Waals surface area contributed by atoms with Crippen LogP contribution in [-0.2, 0) is 4.79 Å². The van der Waals surface area contributed by atoms with Crippen LogP contribution in [0.15, 0.2) is 22.6 Å². The molecule has 0 aromatic rings. The second kappa shape index (κ2) is 4.15. The van der Waals surface area contributed by atoms with Gasteiger partial charge in [0.2, 0.25) is 0 Å².